The van der Waals surface area contributed by atoms with Crippen molar-refractivity contribution in [3.8, 4) is 5.75 Å². The van der Waals surface area contributed by atoms with Crippen molar-refractivity contribution in [3.05, 3.63) is 82.4 Å². The molecule has 0 aliphatic carbocycles. The highest BCUT2D eigenvalue weighted by atomic mass is 35.5. The van der Waals surface area contributed by atoms with Crippen LogP contribution in [0.1, 0.15) is 24.5 Å². The Labute approximate surface area is 228 Å². The molecule has 1 aromatic carbocycles. The molecule has 3 heterocycles. The first-order valence-corrected chi connectivity index (χ1v) is 12.3. The Kier molecular flexibility index (Phi) is 8.30. The standard InChI is InChI=1S/C25H24Cl2N6O5/c1-15(22(34)32-37)33-11-8-25(23(33)35,31-24(36)29-18-6-9-28-10-7-18)17-2-4-19(5-3-17)38-14-16-12-20(26)30-21(27)13-16/h2-7,9-10,12-13,15,37H,8,11,14H2,1H3,(H,32,34)(H2,28,29,31,36)/t15?,25-/m1/s1. The number of likely N-dealkylation sites (tertiary alicyclic amines) is 1. The lowest BCUT2D eigenvalue weighted by Gasteiger charge is -2.31. The quantitative estimate of drug-likeness (QED) is 0.188. The fourth-order valence-electron chi connectivity index (χ4n) is 4.19. The Balaban J connectivity index is 1.57. The van der Waals surface area contributed by atoms with E-state index in [1.807, 2.05) is 0 Å². The van der Waals surface area contributed by atoms with Gasteiger partial charge in [0.25, 0.3) is 11.8 Å². The van der Waals surface area contributed by atoms with Crippen LogP contribution in [0.15, 0.2) is 60.9 Å². The zero-order valence-corrected chi connectivity index (χ0v) is 21.7. The van der Waals surface area contributed by atoms with E-state index < -0.39 is 29.4 Å². The third-order valence-electron chi connectivity index (χ3n) is 6.15. The summed E-state index contributed by atoms with van der Waals surface area (Å²) in [4.78, 5) is 47.8. The molecule has 3 aromatic rings. The van der Waals surface area contributed by atoms with Gasteiger partial charge in [-0.25, -0.2) is 15.3 Å². The second-order valence-corrected chi connectivity index (χ2v) is 9.33. The highest BCUT2D eigenvalue weighted by Gasteiger charge is 2.51. The number of hydroxylamine groups is 1. The van der Waals surface area contributed by atoms with Gasteiger partial charge < -0.3 is 20.3 Å². The van der Waals surface area contributed by atoms with Gasteiger partial charge in [-0.15, -0.1) is 0 Å². The molecule has 11 nitrogen and oxygen atoms in total. The maximum absolute atomic E-state index is 13.7. The second-order valence-electron chi connectivity index (χ2n) is 8.55. The van der Waals surface area contributed by atoms with E-state index in [1.165, 1.54) is 24.2 Å². The fourth-order valence-corrected chi connectivity index (χ4v) is 4.70. The van der Waals surface area contributed by atoms with Crippen LogP contribution in [0, 0.1) is 0 Å². The van der Waals surface area contributed by atoms with E-state index in [0.717, 1.165) is 5.56 Å². The Morgan fingerprint density at radius 3 is 2.42 bits per heavy atom. The molecule has 2 aromatic heterocycles. The van der Waals surface area contributed by atoms with Gasteiger partial charge in [-0.3, -0.25) is 19.8 Å². The number of benzene rings is 1. The predicted octanol–water partition coefficient (Wildman–Crippen LogP) is 3.51. The minimum Gasteiger partial charge on any atom is -0.489 e. The maximum atomic E-state index is 13.7. The Morgan fingerprint density at radius 1 is 1.13 bits per heavy atom. The third-order valence-corrected chi connectivity index (χ3v) is 6.54. The first-order chi connectivity index (χ1) is 18.2. The van der Waals surface area contributed by atoms with Crippen LogP contribution < -0.4 is 20.9 Å². The third kappa shape index (κ3) is 5.96. The number of nitrogens with zero attached hydrogens (tertiary/aromatic N) is 3. The topological polar surface area (TPSA) is 146 Å². The Hall–Kier alpha value is -3.93. The average Bonchev–Trinajstić information content (AvgIpc) is 3.23. The first-order valence-electron chi connectivity index (χ1n) is 11.5. The minimum absolute atomic E-state index is 0.171. The summed E-state index contributed by atoms with van der Waals surface area (Å²) < 4.78 is 5.82. The maximum Gasteiger partial charge on any atom is 0.320 e. The molecule has 1 unspecified atom stereocenters. The van der Waals surface area contributed by atoms with Gasteiger partial charge in [0.1, 0.15) is 34.2 Å². The lowest BCUT2D eigenvalue weighted by molar-refractivity contribution is -0.143. The molecule has 1 saturated heterocycles. The molecule has 0 radical (unpaired) electrons. The molecule has 4 amide bonds. The molecule has 1 aliphatic heterocycles. The van der Waals surface area contributed by atoms with Gasteiger partial charge in [0.15, 0.2) is 0 Å². The number of halogens is 2. The number of carbonyl (C=O) groups is 3. The summed E-state index contributed by atoms with van der Waals surface area (Å²) in [5, 5.41) is 15.0. The zero-order valence-electron chi connectivity index (χ0n) is 20.1. The van der Waals surface area contributed by atoms with E-state index in [2.05, 4.69) is 20.6 Å². The van der Waals surface area contributed by atoms with Crippen molar-refractivity contribution in [2.24, 2.45) is 0 Å². The van der Waals surface area contributed by atoms with Crippen molar-refractivity contribution < 1.29 is 24.3 Å². The molecule has 4 N–H and O–H groups in total. The molecule has 4 rings (SSSR count). The van der Waals surface area contributed by atoms with Crippen molar-refractivity contribution >= 4 is 46.7 Å². The number of hydrogen-bond acceptors (Lipinski definition) is 7. The number of carbonyl (C=O) groups excluding carboxylic acids is 3. The number of nitrogens with one attached hydrogen (secondary N) is 3. The molecule has 0 spiro atoms. The van der Waals surface area contributed by atoms with Crippen LogP contribution >= 0.6 is 23.2 Å². The van der Waals surface area contributed by atoms with Crippen molar-refractivity contribution in [2.75, 3.05) is 11.9 Å². The van der Waals surface area contributed by atoms with E-state index in [4.69, 9.17) is 33.1 Å². The molecule has 13 heteroatoms. The monoisotopic (exact) mass is 558 g/mol. The number of pyridine rings is 2. The molecule has 1 aliphatic rings. The summed E-state index contributed by atoms with van der Waals surface area (Å²) in [6, 6.07) is 11.6. The van der Waals surface area contributed by atoms with E-state index in [9.17, 15) is 14.4 Å². The number of ether oxygens (including phenoxy) is 1. The Morgan fingerprint density at radius 2 is 1.79 bits per heavy atom. The number of rotatable bonds is 8. The molecule has 198 valence electrons. The Bertz CT molecular complexity index is 1310. The summed E-state index contributed by atoms with van der Waals surface area (Å²) in [7, 11) is 0. The van der Waals surface area contributed by atoms with Crippen LogP contribution in [0.4, 0.5) is 10.5 Å². The number of hydrogen-bond donors (Lipinski definition) is 4. The van der Waals surface area contributed by atoms with Gasteiger partial charge in [-0.1, -0.05) is 35.3 Å². The van der Waals surface area contributed by atoms with Crippen LogP contribution in [-0.2, 0) is 21.7 Å². The smallest absolute Gasteiger partial charge is 0.320 e. The van der Waals surface area contributed by atoms with E-state index in [1.54, 1.807) is 54.0 Å². The second kappa shape index (κ2) is 11.6. The van der Waals surface area contributed by atoms with Crippen molar-refractivity contribution in [1.82, 2.24) is 25.7 Å². The normalized spacial score (nSPS) is 17.6. The molecule has 1 fully saturated rings. The van der Waals surface area contributed by atoms with E-state index in [0.29, 0.717) is 17.0 Å². The molecule has 0 bridgehead atoms. The van der Waals surface area contributed by atoms with Gasteiger partial charge in [-0.2, -0.15) is 0 Å². The molecular formula is C25H24Cl2N6O5. The summed E-state index contributed by atoms with van der Waals surface area (Å²) in [6.45, 7) is 1.84. The molecule has 0 saturated carbocycles. The highest BCUT2D eigenvalue weighted by Crippen LogP contribution is 2.36. The van der Waals surface area contributed by atoms with Crippen LogP contribution in [0.2, 0.25) is 10.3 Å². The van der Waals surface area contributed by atoms with Crippen LogP contribution in [0.25, 0.3) is 0 Å². The average molecular weight is 559 g/mol. The van der Waals surface area contributed by atoms with Gasteiger partial charge in [-0.05, 0) is 54.4 Å². The summed E-state index contributed by atoms with van der Waals surface area (Å²) >= 11 is 11.9. The zero-order chi connectivity index (χ0) is 27.3. The summed E-state index contributed by atoms with van der Waals surface area (Å²) in [6.07, 6.45) is 3.23. The van der Waals surface area contributed by atoms with Gasteiger partial charge >= 0.3 is 6.03 Å². The molecular weight excluding hydrogens is 535 g/mol. The minimum atomic E-state index is -1.47. The van der Waals surface area contributed by atoms with E-state index in [-0.39, 0.29) is 29.9 Å². The largest absolute Gasteiger partial charge is 0.489 e. The highest BCUT2D eigenvalue weighted by molar-refractivity contribution is 6.32. The van der Waals surface area contributed by atoms with E-state index >= 15 is 0 Å². The molecule has 2 atom stereocenters. The summed E-state index contributed by atoms with van der Waals surface area (Å²) in [5.74, 6) is -0.729. The number of aromatic nitrogens is 2. The number of urea groups is 1. The number of anilines is 1. The van der Waals surface area contributed by atoms with Gasteiger partial charge in [0.2, 0.25) is 0 Å². The number of amides is 4. The first kappa shape index (κ1) is 27.1. The van der Waals surface area contributed by atoms with Crippen LogP contribution in [0.3, 0.4) is 0 Å². The van der Waals surface area contributed by atoms with Crippen molar-refractivity contribution in [1.29, 1.82) is 0 Å². The fraction of sp³-hybridized carbons (Fsp3) is 0.240. The predicted molar refractivity (Wildman–Crippen MR) is 139 cm³/mol. The van der Waals surface area contributed by atoms with Gasteiger partial charge in [0, 0.05) is 31.0 Å². The lowest BCUT2D eigenvalue weighted by Crippen LogP contribution is -2.55. The lowest BCUT2D eigenvalue weighted by atomic mass is 9.88. The summed E-state index contributed by atoms with van der Waals surface area (Å²) in [5.41, 5.74) is 1.81. The molecule has 38 heavy (non-hydrogen) atoms. The van der Waals surface area contributed by atoms with Crippen molar-refractivity contribution in [3.63, 3.8) is 0 Å². The van der Waals surface area contributed by atoms with Crippen LogP contribution in [0.5, 0.6) is 5.75 Å². The van der Waals surface area contributed by atoms with Crippen LogP contribution in [-0.4, -0.2) is 50.5 Å². The van der Waals surface area contributed by atoms with Gasteiger partial charge in [0.05, 0.1) is 0 Å². The van der Waals surface area contributed by atoms with Crippen molar-refractivity contribution in [2.45, 2.75) is 31.5 Å². The SMILES string of the molecule is CC(C(=O)NO)N1CC[C@@](NC(=O)Nc2ccncc2)(c2ccc(OCc3cc(Cl)nc(Cl)c3)cc2)C1=O.